The van der Waals surface area contributed by atoms with Crippen LogP contribution in [-0.4, -0.2) is 35.3 Å². The second kappa shape index (κ2) is 7.33. The van der Waals surface area contributed by atoms with Crippen LogP contribution in [0.25, 0.3) is 0 Å². The van der Waals surface area contributed by atoms with Gasteiger partial charge in [0.2, 0.25) is 0 Å². The number of fused-ring (bicyclic) bond motifs is 1. The molecule has 5 heteroatoms. The fraction of sp³-hybridized carbons (Fsp3) is 0.400. The molecule has 4 rings (SSSR count). The molecular weight excluding hydrogens is 352 g/mol. The highest BCUT2D eigenvalue weighted by Crippen LogP contribution is 2.45. The lowest BCUT2D eigenvalue weighted by Crippen LogP contribution is -2.33. The third-order valence-electron chi connectivity index (χ3n) is 4.26. The quantitative estimate of drug-likeness (QED) is 0.700. The monoisotopic (exact) mass is 374 g/mol. The zero-order chi connectivity index (χ0) is 17.3. The minimum Gasteiger partial charge on any atom is -0.344 e. The van der Waals surface area contributed by atoms with Gasteiger partial charge in [0.05, 0.1) is 11.4 Å². The summed E-state index contributed by atoms with van der Waals surface area (Å²) in [7, 11) is 0. The summed E-state index contributed by atoms with van der Waals surface area (Å²) in [6, 6.07) is 20.9. The van der Waals surface area contributed by atoms with Gasteiger partial charge in [0.15, 0.2) is 12.1 Å². The van der Waals surface area contributed by atoms with Crippen LogP contribution < -0.4 is 0 Å². The second-order valence-corrected chi connectivity index (χ2v) is 9.01. The first kappa shape index (κ1) is 17.4. The van der Waals surface area contributed by atoms with Gasteiger partial charge in [-0.1, -0.05) is 36.4 Å². The van der Waals surface area contributed by atoms with Gasteiger partial charge in [0.1, 0.15) is 6.10 Å². The molecule has 0 aromatic heterocycles. The standard InChI is InChI=1S/C20H22O3S2/c1-20(2)22-17-18(25-15-11-7-4-8-12-15)16(21-19(17)23-20)13-24-14-9-5-3-6-10-14/h3-12,16-19H,13H2,1-2H3/t16-,17-,18-,19-/m1/s1. The summed E-state index contributed by atoms with van der Waals surface area (Å²) < 4.78 is 18.4. The first-order valence-corrected chi connectivity index (χ1v) is 10.4. The summed E-state index contributed by atoms with van der Waals surface area (Å²) in [5.74, 6) is 0.303. The number of hydrogen-bond acceptors (Lipinski definition) is 5. The Bertz CT molecular complexity index is 693. The molecule has 0 bridgehead atoms. The molecule has 0 spiro atoms. The van der Waals surface area contributed by atoms with Gasteiger partial charge in [0, 0.05) is 15.5 Å². The smallest absolute Gasteiger partial charge is 0.188 e. The fourth-order valence-corrected chi connectivity index (χ4v) is 5.55. The molecule has 0 radical (unpaired) electrons. The molecule has 2 aliphatic heterocycles. The highest BCUT2D eigenvalue weighted by atomic mass is 32.2. The van der Waals surface area contributed by atoms with Crippen LogP contribution in [0.5, 0.6) is 0 Å². The van der Waals surface area contributed by atoms with Crippen molar-refractivity contribution < 1.29 is 14.2 Å². The Morgan fingerprint density at radius 2 is 1.52 bits per heavy atom. The van der Waals surface area contributed by atoms with Crippen molar-refractivity contribution in [2.45, 2.75) is 53.2 Å². The van der Waals surface area contributed by atoms with Crippen LogP contribution in [0.15, 0.2) is 70.5 Å². The Hall–Kier alpha value is -0.980. The van der Waals surface area contributed by atoms with Crippen LogP contribution >= 0.6 is 23.5 Å². The third kappa shape index (κ3) is 4.07. The predicted octanol–water partition coefficient (Wildman–Crippen LogP) is 4.82. The van der Waals surface area contributed by atoms with E-state index in [-0.39, 0.29) is 23.7 Å². The zero-order valence-electron chi connectivity index (χ0n) is 14.3. The molecule has 0 amide bonds. The van der Waals surface area contributed by atoms with Gasteiger partial charge < -0.3 is 14.2 Å². The Balaban J connectivity index is 1.49. The Morgan fingerprint density at radius 1 is 0.880 bits per heavy atom. The highest BCUT2D eigenvalue weighted by Gasteiger charge is 2.54. The fourth-order valence-electron chi connectivity index (χ4n) is 3.17. The van der Waals surface area contributed by atoms with Gasteiger partial charge >= 0.3 is 0 Å². The average Bonchev–Trinajstić information content (AvgIpc) is 3.07. The first-order valence-electron chi connectivity index (χ1n) is 8.51. The van der Waals surface area contributed by atoms with Crippen LogP contribution in [-0.2, 0) is 14.2 Å². The van der Waals surface area contributed by atoms with E-state index >= 15 is 0 Å². The molecule has 3 nitrogen and oxygen atoms in total. The summed E-state index contributed by atoms with van der Waals surface area (Å²) in [6.07, 6.45) is -0.235. The first-order chi connectivity index (χ1) is 12.1. The summed E-state index contributed by atoms with van der Waals surface area (Å²) in [5, 5.41) is 0.213. The van der Waals surface area contributed by atoms with Crippen molar-refractivity contribution in [1.82, 2.24) is 0 Å². The van der Waals surface area contributed by atoms with Crippen molar-refractivity contribution in [3.63, 3.8) is 0 Å². The molecule has 2 aromatic rings. The van der Waals surface area contributed by atoms with E-state index in [1.807, 2.05) is 49.5 Å². The van der Waals surface area contributed by atoms with Crippen molar-refractivity contribution in [3.05, 3.63) is 60.7 Å². The number of rotatable bonds is 5. The summed E-state index contributed by atoms with van der Waals surface area (Å²) in [4.78, 5) is 2.49. The van der Waals surface area contributed by atoms with Gasteiger partial charge in [0.25, 0.3) is 0 Å². The van der Waals surface area contributed by atoms with Crippen LogP contribution in [0.3, 0.4) is 0 Å². The predicted molar refractivity (Wildman–Crippen MR) is 102 cm³/mol. The molecule has 25 heavy (non-hydrogen) atoms. The van der Waals surface area contributed by atoms with Gasteiger partial charge in [-0.2, -0.15) is 0 Å². The number of ether oxygens (including phenoxy) is 3. The molecule has 2 heterocycles. The maximum Gasteiger partial charge on any atom is 0.188 e. The molecular formula is C20H22O3S2. The molecule has 4 atom stereocenters. The molecule has 2 aliphatic rings. The topological polar surface area (TPSA) is 27.7 Å². The van der Waals surface area contributed by atoms with E-state index in [1.165, 1.54) is 9.79 Å². The summed E-state index contributed by atoms with van der Waals surface area (Å²) >= 11 is 3.65. The van der Waals surface area contributed by atoms with E-state index in [4.69, 9.17) is 14.2 Å². The highest BCUT2D eigenvalue weighted by molar-refractivity contribution is 8.00. The lowest BCUT2D eigenvalue weighted by Gasteiger charge is -2.25. The molecule has 2 aromatic carbocycles. The van der Waals surface area contributed by atoms with Crippen LogP contribution in [0.4, 0.5) is 0 Å². The second-order valence-electron chi connectivity index (χ2n) is 6.66. The molecule has 2 saturated heterocycles. The van der Waals surface area contributed by atoms with E-state index in [9.17, 15) is 0 Å². The molecule has 0 N–H and O–H groups in total. The Morgan fingerprint density at radius 3 is 2.20 bits per heavy atom. The molecule has 0 aliphatic carbocycles. The van der Waals surface area contributed by atoms with E-state index in [1.54, 1.807) is 0 Å². The molecule has 2 fully saturated rings. The zero-order valence-corrected chi connectivity index (χ0v) is 16.0. The van der Waals surface area contributed by atoms with E-state index in [2.05, 4.69) is 48.5 Å². The Kier molecular flexibility index (Phi) is 5.11. The normalized spacial score (nSPS) is 30.3. The Labute approximate surface area is 157 Å². The third-order valence-corrected chi connectivity index (χ3v) is 6.75. The van der Waals surface area contributed by atoms with Gasteiger partial charge in [-0.25, -0.2) is 0 Å². The van der Waals surface area contributed by atoms with E-state index in [0.29, 0.717) is 0 Å². The van der Waals surface area contributed by atoms with Gasteiger partial charge in [-0.05, 0) is 38.1 Å². The SMILES string of the molecule is CC1(C)O[C@H]2O[C@H](CSc3ccccc3)[C@@H](Sc3ccccc3)[C@H]2O1. The van der Waals surface area contributed by atoms with Gasteiger partial charge in [-0.15, -0.1) is 23.5 Å². The van der Waals surface area contributed by atoms with E-state index < -0.39 is 5.79 Å². The maximum absolute atomic E-state index is 6.24. The van der Waals surface area contributed by atoms with Crippen LogP contribution in [0.1, 0.15) is 13.8 Å². The number of thioether (sulfide) groups is 2. The molecule has 0 unspecified atom stereocenters. The maximum atomic E-state index is 6.24. The molecule has 0 saturated carbocycles. The largest absolute Gasteiger partial charge is 0.344 e. The van der Waals surface area contributed by atoms with Gasteiger partial charge in [-0.3, -0.25) is 0 Å². The van der Waals surface area contributed by atoms with Crippen LogP contribution in [0, 0.1) is 0 Å². The van der Waals surface area contributed by atoms with Crippen molar-refractivity contribution >= 4 is 23.5 Å². The van der Waals surface area contributed by atoms with Crippen molar-refractivity contribution in [1.29, 1.82) is 0 Å². The van der Waals surface area contributed by atoms with Crippen molar-refractivity contribution in [2.75, 3.05) is 5.75 Å². The average molecular weight is 375 g/mol. The summed E-state index contributed by atoms with van der Waals surface area (Å²) in [5.41, 5.74) is 0. The molecule has 132 valence electrons. The van der Waals surface area contributed by atoms with Crippen molar-refractivity contribution in [2.24, 2.45) is 0 Å². The van der Waals surface area contributed by atoms with Crippen LogP contribution in [0.2, 0.25) is 0 Å². The summed E-state index contributed by atoms with van der Waals surface area (Å²) in [6.45, 7) is 3.90. The van der Waals surface area contributed by atoms with E-state index in [0.717, 1.165) is 5.75 Å². The lowest BCUT2D eigenvalue weighted by atomic mass is 10.2. The minimum atomic E-state index is -0.581. The minimum absolute atomic E-state index is 0.0402. The van der Waals surface area contributed by atoms with Crippen molar-refractivity contribution in [3.8, 4) is 0 Å². The lowest BCUT2D eigenvalue weighted by molar-refractivity contribution is -0.201. The number of benzene rings is 2. The number of hydrogen-bond donors (Lipinski definition) is 0.